The van der Waals surface area contributed by atoms with E-state index in [0.29, 0.717) is 11.8 Å². The number of nitrogens with one attached hydrogen (secondary N) is 1. The Morgan fingerprint density at radius 2 is 1.83 bits per heavy atom. The maximum absolute atomic E-state index is 11.5. The zero-order valence-electron chi connectivity index (χ0n) is 8.02. The molecule has 1 aliphatic rings. The van der Waals surface area contributed by atoms with E-state index in [9.17, 15) is 4.79 Å². The van der Waals surface area contributed by atoms with Crippen LogP contribution in [-0.2, 0) is 22.9 Å². The van der Waals surface area contributed by atoms with E-state index in [2.05, 4.69) is 14.3 Å². The normalized spacial score (nSPS) is 18.8. The molecule has 1 rings (SSSR count). The minimum atomic E-state index is -1.14. The van der Waals surface area contributed by atoms with Crippen molar-refractivity contribution in [1.29, 1.82) is 0 Å². The van der Waals surface area contributed by atoms with Crippen molar-refractivity contribution in [2.45, 2.75) is 42.6 Å². The molecule has 0 radical (unpaired) electrons. The summed E-state index contributed by atoms with van der Waals surface area (Å²) < 4.78 is 3.14. The van der Waals surface area contributed by atoms with Crippen LogP contribution in [0.2, 0.25) is 10.5 Å². The molecule has 69 valence electrons. The third kappa shape index (κ3) is 3.28. The second-order valence-corrected chi connectivity index (χ2v) is 7.34. The van der Waals surface area contributed by atoms with E-state index in [0.717, 1.165) is 12.8 Å². The fraction of sp³-hybridized carbons (Fsp3) is 0.889. The van der Waals surface area contributed by atoms with Gasteiger partial charge in [0.15, 0.2) is 0 Å². The summed E-state index contributed by atoms with van der Waals surface area (Å²) >= 11 is -1.14. The van der Waals surface area contributed by atoms with E-state index in [4.69, 9.17) is 0 Å². The van der Waals surface area contributed by atoms with Gasteiger partial charge in [-0.3, -0.25) is 0 Å². The predicted molar refractivity (Wildman–Crippen MR) is 46.4 cm³/mol. The van der Waals surface area contributed by atoms with Gasteiger partial charge in [-0.1, -0.05) is 0 Å². The molecule has 0 aromatic carbocycles. The Kier molecular flexibility index (Phi) is 4.30. The van der Waals surface area contributed by atoms with Crippen molar-refractivity contribution in [1.82, 2.24) is 3.80 Å². The summed E-state index contributed by atoms with van der Waals surface area (Å²) in [7, 11) is 0. The molecule has 0 aromatic heterocycles. The Hall–Kier alpha value is 0.184. The van der Waals surface area contributed by atoms with Crippen LogP contribution in [0.15, 0.2) is 0 Å². The van der Waals surface area contributed by atoms with Gasteiger partial charge in [0.05, 0.1) is 0 Å². The van der Waals surface area contributed by atoms with Crippen molar-refractivity contribution in [2.75, 3.05) is 0 Å². The number of rotatable bonds is 2. The van der Waals surface area contributed by atoms with Crippen LogP contribution in [0.5, 0.6) is 0 Å². The second kappa shape index (κ2) is 5.03. The summed E-state index contributed by atoms with van der Waals surface area (Å²) in [5.41, 5.74) is 0. The second-order valence-electron chi connectivity index (χ2n) is 3.82. The van der Waals surface area contributed by atoms with Gasteiger partial charge in [-0.25, -0.2) is 0 Å². The summed E-state index contributed by atoms with van der Waals surface area (Å²) in [6, 6.07) is 0. The first kappa shape index (κ1) is 10.3. The topological polar surface area (TPSA) is 29.1 Å². The van der Waals surface area contributed by atoms with Crippen molar-refractivity contribution < 1.29 is 22.9 Å². The van der Waals surface area contributed by atoms with Gasteiger partial charge in [0, 0.05) is 0 Å². The van der Waals surface area contributed by atoms with Crippen LogP contribution in [0.25, 0.3) is 0 Å². The maximum atomic E-state index is 11.5. The molecule has 1 aliphatic carbocycles. The van der Waals surface area contributed by atoms with Crippen LogP contribution in [0, 0.1) is 5.92 Å². The molecule has 1 amide bonds. The van der Waals surface area contributed by atoms with Gasteiger partial charge in [-0.05, 0) is 0 Å². The summed E-state index contributed by atoms with van der Waals surface area (Å²) in [6.45, 7) is 0. The van der Waals surface area contributed by atoms with Gasteiger partial charge in [-0.2, -0.15) is 0 Å². The van der Waals surface area contributed by atoms with Crippen molar-refractivity contribution in [2.24, 2.45) is 5.92 Å². The standard InChI is InChI=1S/C7H13NO.2CH3.Ti/c8-7(9)6-4-2-1-3-5-6;;;/h6H,1-5H2,(H2,8,9);2*1H3;/q;;;+1/p-1. The van der Waals surface area contributed by atoms with Crippen LogP contribution in [0.4, 0.5) is 0 Å². The SMILES string of the molecule is [CH3][Ti]([CH3])[NH]C(=O)C1CCCCC1. The van der Waals surface area contributed by atoms with Crippen molar-refractivity contribution >= 4 is 5.91 Å². The third-order valence-corrected chi connectivity index (χ3v) is 3.51. The molecule has 0 aliphatic heterocycles. The Labute approximate surface area is 81.3 Å². The number of carbonyl (C=O) groups excluding carboxylic acids is 1. The van der Waals surface area contributed by atoms with Gasteiger partial charge in [0.1, 0.15) is 0 Å². The van der Waals surface area contributed by atoms with Crippen LogP contribution in [0.3, 0.4) is 0 Å². The van der Waals surface area contributed by atoms with Crippen LogP contribution in [-0.4, -0.2) is 5.91 Å². The molecule has 0 atom stereocenters. The molecule has 12 heavy (non-hydrogen) atoms. The summed E-state index contributed by atoms with van der Waals surface area (Å²) in [6.07, 6.45) is 6.07. The van der Waals surface area contributed by atoms with Gasteiger partial charge < -0.3 is 0 Å². The number of amides is 1. The average molecular weight is 204 g/mol. The number of hydrogen-bond acceptors (Lipinski definition) is 1. The first-order valence-electron chi connectivity index (χ1n) is 4.81. The molecular weight excluding hydrogens is 186 g/mol. The van der Waals surface area contributed by atoms with Gasteiger partial charge in [0.25, 0.3) is 0 Å². The van der Waals surface area contributed by atoms with E-state index in [-0.39, 0.29) is 0 Å². The molecule has 0 bridgehead atoms. The molecule has 0 unspecified atom stereocenters. The first-order valence-corrected chi connectivity index (χ1v) is 8.71. The van der Waals surface area contributed by atoms with Crippen LogP contribution < -0.4 is 3.80 Å². The van der Waals surface area contributed by atoms with Crippen molar-refractivity contribution in [3.8, 4) is 0 Å². The molecule has 1 N–H and O–H groups in total. The fourth-order valence-electron chi connectivity index (χ4n) is 1.71. The van der Waals surface area contributed by atoms with Crippen molar-refractivity contribution in [3.05, 3.63) is 0 Å². The van der Waals surface area contributed by atoms with E-state index < -0.39 is 18.1 Å². The molecule has 0 aromatic rings. The molecule has 3 heteroatoms. The summed E-state index contributed by atoms with van der Waals surface area (Å²) in [5, 5.41) is 4.36. The van der Waals surface area contributed by atoms with Crippen LogP contribution in [0.1, 0.15) is 32.1 Å². The van der Waals surface area contributed by atoms with Gasteiger partial charge in [-0.15, -0.1) is 0 Å². The number of carbonyl (C=O) groups is 1. The zero-order valence-corrected chi connectivity index (χ0v) is 9.58. The minimum absolute atomic E-state index is 0.342. The fourth-order valence-corrected chi connectivity index (χ4v) is 2.80. The monoisotopic (exact) mass is 204 g/mol. The summed E-state index contributed by atoms with van der Waals surface area (Å²) in [5.74, 6) is 0.691. The van der Waals surface area contributed by atoms with E-state index in [1.807, 2.05) is 0 Å². The van der Waals surface area contributed by atoms with E-state index in [1.54, 1.807) is 0 Å². The molecule has 0 saturated heterocycles. The predicted octanol–water partition coefficient (Wildman–Crippen LogP) is 2.31. The molecule has 2 nitrogen and oxygen atoms in total. The Bertz CT molecular complexity index is 153. The Balaban J connectivity index is 2.30. The zero-order chi connectivity index (χ0) is 8.97. The summed E-state index contributed by atoms with van der Waals surface area (Å²) in [4.78, 5) is 11.5. The molecule has 1 saturated carbocycles. The van der Waals surface area contributed by atoms with Gasteiger partial charge in [0.2, 0.25) is 0 Å². The number of hydrogen-bond donors (Lipinski definition) is 1. The van der Waals surface area contributed by atoms with Crippen LogP contribution >= 0.6 is 0 Å². The average Bonchev–Trinajstić information content (AvgIpc) is 2.05. The van der Waals surface area contributed by atoms with E-state index >= 15 is 0 Å². The molecule has 1 fully saturated rings. The van der Waals surface area contributed by atoms with Gasteiger partial charge >= 0.3 is 81.1 Å². The quantitative estimate of drug-likeness (QED) is 0.687. The third-order valence-electron chi connectivity index (χ3n) is 2.35. The molecule has 0 spiro atoms. The van der Waals surface area contributed by atoms with Crippen molar-refractivity contribution in [3.63, 3.8) is 0 Å². The van der Waals surface area contributed by atoms with E-state index in [1.165, 1.54) is 19.3 Å². The molecule has 0 heterocycles. The Morgan fingerprint density at radius 3 is 2.33 bits per heavy atom. The first-order chi connectivity index (χ1) is 5.70. The Morgan fingerprint density at radius 1 is 1.25 bits per heavy atom. The molecular formula is C9H18NOTi.